The zero-order valence-electron chi connectivity index (χ0n) is 15.0. The summed E-state index contributed by atoms with van der Waals surface area (Å²) in [5, 5.41) is 5.19. The van der Waals surface area contributed by atoms with Crippen molar-refractivity contribution >= 4 is 17.5 Å². The Morgan fingerprint density at radius 1 is 1.24 bits per heavy atom. The topological polar surface area (TPSA) is 69.3 Å². The van der Waals surface area contributed by atoms with Gasteiger partial charge in [-0.25, -0.2) is 0 Å². The molecule has 2 amide bonds. The van der Waals surface area contributed by atoms with Gasteiger partial charge in [-0.05, 0) is 18.6 Å². The maximum atomic E-state index is 13.2. The van der Waals surface area contributed by atoms with Crippen molar-refractivity contribution in [1.82, 2.24) is 10.2 Å². The lowest BCUT2D eigenvalue weighted by molar-refractivity contribution is -0.664. The zero-order valence-corrected chi connectivity index (χ0v) is 15.0. The van der Waals surface area contributed by atoms with E-state index in [1.807, 2.05) is 18.2 Å². The highest BCUT2D eigenvalue weighted by Gasteiger charge is 2.54. The van der Waals surface area contributed by atoms with Gasteiger partial charge in [-0.1, -0.05) is 31.5 Å². The third-order valence-electron chi connectivity index (χ3n) is 5.29. The first-order valence-corrected chi connectivity index (χ1v) is 9.38. The fraction of sp³-hybridized carbons (Fsp3) is 0.579. The minimum Gasteiger partial charge on any atom is -0.355 e. The van der Waals surface area contributed by atoms with Crippen LogP contribution < -0.4 is 15.5 Å². The number of para-hydroxylation sites is 1. The Hall–Kier alpha value is -2.08. The van der Waals surface area contributed by atoms with Crippen LogP contribution in [-0.2, 0) is 9.59 Å². The van der Waals surface area contributed by atoms with Crippen molar-refractivity contribution in [3.05, 3.63) is 30.3 Å². The van der Waals surface area contributed by atoms with Crippen LogP contribution >= 0.6 is 0 Å². The number of benzene rings is 1. The molecule has 2 heterocycles. The van der Waals surface area contributed by atoms with Crippen LogP contribution in [-0.4, -0.2) is 55.1 Å². The second kappa shape index (κ2) is 7.87. The van der Waals surface area contributed by atoms with Gasteiger partial charge in [0.05, 0.1) is 19.8 Å². The van der Waals surface area contributed by atoms with Gasteiger partial charge in [-0.3, -0.25) is 9.59 Å². The molecule has 0 radical (unpaired) electrons. The Balaban J connectivity index is 1.76. The van der Waals surface area contributed by atoms with Crippen molar-refractivity contribution < 1.29 is 14.9 Å². The van der Waals surface area contributed by atoms with E-state index >= 15 is 0 Å². The van der Waals surface area contributed by atoms with Gasteiger partial charge in [-0.15, -0.1) is 0 Å². The molecule has 3 N–H and O–H groups in total. The second-order valence-corrected chi connectivity index (χ2v) is 7.01. The number of anilines is 1. The van der Waals surface area contributed by atoms with Crippen LogP contribution in [0.15, 0.2) is 30.3 Å². The zero-order chi connectivity index (χ0) is 17.7. The number of amides is 2. The van der Waals surface area contributed by atoms with Gasteiger partial charge in [0.2, 0.25) is 5.91 Å². The third kappa shape index (κ3) is 3.63. The van der Waals surface area contributed by atoms with Gasteiger partial charge in [0.15, 0.2) is 0 Å². The summed E-state index contributed by atoms with van der Waals surface area (Å²) in [6.07, 6.45) is 3.67. The van der Waals surface area contributed by atoms with Crippen LogP contribution in [0, 0.1) is 0 Å². The van der Waals surface area contributed by atoms with Crippen LogP contribution in [0.2, 0.25) is 0 Å². The number of carbonyl (C=O) groups is 2. The number of quaternary nitrogens is 1. The Kier molecular flexibility index (Phi) is 5.58. The van der Waals surface area contributed by atoms with Crippen molar-refractivity contribution in [2.45, 2.75) is 38.1 Å². The molecule has 2 aliphatic heterocycles. The molecule has 1 aromatic carbocycles. The van der Waals surface area contributed by atoms with E-state index in [-0.39, 0.29) is 18.4 Å². The Labute approximate surface area is 149 Å². The van der Waals surface area contributed by atoms with Crippen molar-refractivity contribution in [3.8, 4) is 0 Å². The van der Waals surface area contributed by atoms with Gasteiger partial charge < -0.3 is 20.4 Å². The molecule has 0 aromatic heterocycles. The summed E-state index contributed by atoms with van der Waals surface area (Å²) in [5.41, 5.74) is 0.575. The third-order valence-corrected chi connectivity index (χ3v) is 5.29. The van der Waals surface area contributed by atoms with Crippen LogP contribution in [0.5, 0.6) is 0 Å². The molecule has 2 aliphatic rings. The number of hydrogen-bond acceptors (Lipinski definition) is 3. The number of rotatable bonds is 6. The minimum atomic E-state index is -0.486. The van der Waals surface area contributed by atoms with Crippen LogP contribution in [0.3, 0.4) is 0 Å². The van der Waals surface area contributed by atoms with Gasteiger partial charge >= 0.3 is 0 Å². The molecule has 1 aromatic rings. The highest BCUT2D eigenvalue weighted by atomic mass is 16.2. The smallest absolute Gasteiger partial charge is 0.250 e. The first-order valence-electron chi connectivity index (χ1n) is 9.38. The standard InChI is InChI=1S/C19H28N4O2/c1-2-3-11-21-17(24)14-22-15-23(16-7-5-4-6-8-16)19(18(22)25)9-12-20-13-10-19/h4-8,20H,2-3,9-15H2,1H3,(H,21,24)/p+1. The monoisotopic (exact) mass is 345 g/mol. The van der Waals surface area contributed by atoms with Gasteiger partial charge in [0.1, 0.15) is 12.1 Å². The summed E-state index contributed by atoms with van der Waals surface area (Å²) in [5.74, 6) is 0.0457. The van der Waals surface area contributed by atoms with E-state index in [9.17, 15) is 9.59 Å². The summed E-state index contributed by atoms with van der Waals surface area (Å²) >= 11 is 0. The number of piperidine rings is 1. The molecule has 136 valence electrons. The molecule has 1 spiro atoms. The maximum absolute atomic E-state index is 13.2. The van der Waals surface area contributed by atoms with E-state index in [4.69, 9.17) is 0 Å². The van der Waals surface area contributed by atoms with Gasteiger partial charge in [0.25, 0.3) is 5.91 Å². The van der Waals surface area contributed by atoms with E-state index < -0.39 is 5.54 Å². The lowest BCUT2D eigenvalue weighted by Crippen LogP contribution is -2.89. The Morgan fingerprint density at radius 2 is 1.96 bits per heavy atom. The second-order valence-electron chi connectivity index (χ2n) is 7.01. The lowest BCUT2D eigenvalue weighted by atomic mass is 9.86. The molecule has 0 aliphatic carbocycles. The fourth-order valence-corrected chi connectivity index (χ4v) is 3.91. The molecule has 3 rings (SSSR count). The van der Waals surface area contributed by atoms with E-state index in [0.29, 0.717) is 13.2 Å². The maximum Gasteiger partial charge on any atom is 0.250 e. The first kappa shape index (κ1) is 17.7. The average molecular weight is 345 g/mol. The summed E-state index contributed by atoms with van der Waals surface area (Å²) in [6, 6.07) is 10.1. The van der Waals surface area contributed by atoms with Gasteiger partial charge in [0, 0.05) is 25.1 Å². The Bertz CT molecular complexity index is 599. The number of unbranched alkanes of at least 4 members (excludes halogenated alkanes) is 1. The van der Waals surface area contributed by atoms with E-state index in [0.717, 1.165) is 44.5 Å². The lowest BCUT2D eigenvalue weighted by Gasteiger charge is -2.38. The summed E-state index contributed by atoms with van der Waals surface area (Å²) in [7, 11) is 0. The molecular weight excluding hydrogens is 316 g/mol. The molecule has 0 saturated carbocycles. The van der Waals surface area contributed by atoms with E-state index in [2.05, 4.69) is 34.6 Å². The Morgan fingerprint density at radius 3 is 2.64 bits per heavy atom. The van der Waals surface area contributed by atoms with Gasteiger partial charge in [-0.2, -0.15) is 0 Å². The van der Waals surface area contributed by atoms with Crippen LogP contribution in [0.25, 0.3) is 0 Å². The number of carbonyl (C=O) groups excluding carboxylic acids is 2. The van der Waals surface area contributed by atoms with E-state index in [1.165, 1.54) is 0 Å². The summed E-state index contributed by atoms with van der Waals surface area (Å²) in [4.78, 5) is 29.4. The highest BCUT2D eigenvalue weighted by Crippen LogP contribution is 2.37. The van der Waals surface area contributed by atoms with E-state index in [1.54, 1.807) is 4.90 Å². The number of nitrogens with zero attached hydrogens (tertiary/aromatic N) is 2. The molecule has 2 saturated heterocycles. The summed E-state index contributed by atoms with van der Waals surface area (Å²) < 4.78 is 0. The van der Waals surface area contributed by atoms with Crippen molar-refractivity contribution in [2.24, 2.45) is 0 Å². The molecule has 0 unspecified atom stereocenters. The largest absolute Gasteiger partial charge is 0.355 e. The van der Waals surface area contributed by atoms with Crippen molar-refractivity contribution in [2.75, 3.05) is 37.7 Å². The van der Waals surface area contributed by atoms with Crippen molar-refractivity contribution in [1.29, 1.82) is 0 Å². The average Bonchev–Trinajstić information content (AvgIpc) is 2.89. The van der Waals surface area contributed by atoms with Crippen LogP contribution in [0.4, 0.5) is 5.69 Å². The molecule has 0 atom stereocenters. The predicted octanol–water partition coefficient (Wildman–Crippen LogP) is 0.305. The predicted molar refractivity (Wildman–Crippen MR) is 97.0 cm³/mol. The highest BCUT2D eigenvalue weighted by molar-refractivity contribution is 5.96. The van der Waals surface area contributed by atoms with Crippen molar-refractivity contribution in [3.63, 3.8) is 0 Å². The SMILES string of the molecule is CCCCNC(=O)CN1CN(c2ccccc2)C2(CC[NH2+]CC2)C1=O. The molecule has 6 heteroatoms. The molecule has 2 fully saturated rings. The number of hydrogen-bond donors (Lipinski definition) is 2. The number of nitrogens with one attached hydrogen (secondary N) is 1. The number of nitrogens with two attached hydrogens (primary N) is 1. The summed E-state index contributed by atoms with van der Waals surface area (Å²) in [6.45, 7) is 5.32. The quantitative estimate of drug-likeness (QED) is 0.729. The van der Waals surface area contributed by atoms with Crippen LogP contribution in [0.1, 0.15) is 32.6 Å². The fourth-order valence-electron chi connectivity index (χ4n) is 3.91. The molecular formula is C19H29N4O2+. The minimum absolute atomic E-state index is 0.0609. The first-order chi connectivity index (χ1) is 12.2. The molecule has 6 nitrogen and oxygen atoms in total. The normalized spacial score (nSPS) is 19.5. The molecule has 0 bridgehead atoms. The molecule has 25 heavy (non-hydrogen) atoms.